The first-order chi connectivity index (χ1) is 8.10. The van der Waals surface area contributed by atoms with Gasteiger partial charge in [-0.05, 0) is 30.2 Å². The summed E-state index contributed by atoms with van der Waals surface area (Å²) in [5.41, 5.74) is 2.72. The molecule has 5 heteroatoms. The van der Waals surface area contributed by atoms with Crippen LogP contribution >= 0.6 is 24.0 Å². The highest BCUT2D eigenvalue weighted by Crippen LogP contribution is 2.23. The van der Waals surface area contributed by atoms with Crippen LogP contribution in [0.3, 0.4) is 0 Å². The molecule has 2 aromatic rings. The minimum atomic E-state index is -0.609. The maximum Gasteiger partial charge on any atom is 0.126 e. The summed E-state index contributed by atoms with van der Waals surface area (Å²) in [6.45, 7) is 1.83. The van der Waals surface area contributed by atoms with Crippen LogP contribution in [-0.2, 0) is 5.88 Å². The number of alkyl halides is 1. The second-order valence-corrected chi connectivity index (χ2v) is 4.07. The van der Waals surface area contributed by atoms with Crippen LogP contribution in [0.4, 0.5) is 8.78 Å². The predicted molar refractivity (Wildman–Crippen MR) is 71.1 cm³/mol. The molecule has 0 saturated heterocycles. The van der Waals surface area contributed by atoms with Gasteiger partial charge in [0.05, 0.1) is 5.69 Å². The number of hydrogen-bond donors (Lipinski definition) is 0. The highest BCUT2D eigenvalue weighted by molar-refractivity contribution is 6.17. The molecule has 0 spiro atoms. The van der Waals surface area contributed by atoms with E-state index in [1.165, 1.54) is 12.1 Å². The van der Waals surface area contributed by atoms with Gasteiger partial charge in [0.2, 0.25) is 0 Å². The van der Waals surface area contributed by atoms with E-state index in [4.69, 9.17) is 11.6 Å². The van der Waals surface area contributed by atoms with E-state index in [9.17, 15) is 8.78 Å². The van der Waals surface area contributed by atoms with Crippen LogP contribution in [0.25, 0.3) is 11.3 Å². The lowest BCUT2D eigenvalue weighted by Gasteiger charge is -2.07. The van der Waals surface area contributed by atoms with Crippen molar-refractivity contribution >= 4 is 24.0 Å². The standard InChI is InChI=1S/C13H10ClF2N.ClH/c1-8-2-9(6-14)7-17-13(8)10-3-11(15)5-12(16)4-10;/h2-5,7H,6H2,1H3;1H. The van der Waals surface area contributed by atoms with Crippen molar-refractivity contribution in [3.05, 3.63) is 53.2 Å². The maximum atomic E-state index is 13.1. The van der Waals surface area contributed by atoms with Gasteiger partial charge in [0.25, 0.3) is 0 Å². The van der Waals surface area contributed by atoms with E-state index in [2.05, 4.69) is 4.98 Å². The van der Waals surface area contributed by atoms with Crippen LogP contribution < -0.4 is 0 Å². The van der Waals surface area contributed by atoms with Crippen molar-refractivity contribution in [2.75, 3.05) is 0 Å². The summed E-state index contributed by atoms with van der Waals surface area (Å²) in [6.07, 6.45) is 1.61. The van der Waals surface area contributed by atoms with Crippen molar-refractivity contribution in [2.24, 2.45) is 0 Å². The topological polar surface area (TPSA) is 12.9 Å². The second kappa shape index (κ2) is 6.12. The van der Waals surface area contributed by atoms with Gasteiger partial charge in [-0.1, -0.05) is 6.07 Å². The Morgan fingerprint density at radius 1 is 1.11 bits per heavy atom. The van der Waals surface area contributed by atoms with Crippen LogP contribution in [0.1, 0.15) is 11.1 Å². The van der Waals surface area contributed by atoms with Gasteiger partial charge in [0.1, 0.15) is 11.6 Å². The van der Waals surface area contributed by atoms with Crippen LogP contribution in [0.5, 0.6) is 0 Å². The molecule has 0 atom stereocenters. The molecule has 1 nitrogen and oxygen atoms in total. The number of benzene rings is 1. The van der Waals surface area contributed by atoms with Crippen LogP contribution in [0, 0.1) is 18.6 Å². The fraction of sp³-hybridized carbons (Fsp3) is 0.154. The lowest BCUT2D eigenvalue weighted by molar-refractivity contribution is 0.584. The van der Waals surface area contributed by atoms with Gasteiger partial charge < -0.3 is 0 Å². The largest absolute Gasteiger partial charge is 0.256 e. The number of pyridine rings is 1. The first-order valence-electron chi connectivity index (χ1n) is 5.08. The molecular formula is C13H11Cl2F2N. The molecule has 0 aliphatic heterocycles. The molecule has 0 radical (unpaired) electrons. The van der Waals surface area contributed by atoms with Crippen molar-refractivity contribution in [3.63, 3.8) is 0 Å². The Kier molecular flexibility index (Phi) is 5.05. The lowest BCUT2D eigenvalue weighted by Crippen LogP contribution is -1.92. The summed E-state index contributed by atoms with van der Waals surface area (Å²) in [6, 6.07) is 5.22. The highest BCUT2D eigenvalue weighted by Gasteiger charge is 2.07. The first-order valence-corrected chi connectivity index (χ1v) is 5.61. The Hall–Kier alpha value is -1.19. The fourth-order valence-corrected chi connectivity index (χ4v) is 1.84. The quantitative estimate of drug-likeness (QED) is 0.742. The Balaban J connectivity index is 0.00000162. The number of aromatic nitrogens is 1. The van der Waals surface area contributed by atoms with E-state index in [1.807, 2.05) is 13.0 Å². The number of aryl methyl sites for hydroxylation is 1. The minimum absolute atomic E-state index is 0. The Labute approximate surface area is 115 Å². The van der Waals surface area contributed by atoms with Gasteiger partial charge in [0.15, 0.2) is 0 Å². The third kappa shape index (κ3) is 3.18. The molecule has 0 saturated carbocycles. The average Bonchev–Trinajstić information content (AvgIpc) is 2.27. The molecule has 18 heavy (non-hydrogen) atoms. The van der Waals surface area contributed by atoms with E-state index in [1.54, 1.807) is 6.20 Å². The summed E-state index contributed by atoms with van der Waals surface area (Å²) in [5, 5.41) is 0. The predicted octanol–water partition coefficient (Wildman–Crippen LogP) is 4.50. The maximum absolute atomic E-state index is 13.1. The van der Waals surface area contributed by atoms with Gasteiger partial charge in [-0.3, -0.25) is 4.98 Å². The van der Waals surface area contributed by atoms with E-state index in [-0.39, 0.29) is 12.4 Å². The van der Waals surface area contributed by atoms with Crippen molar-refractivity contribution in [2.45, 2.75) is 12.8 Å². The molecule has 0 aliphatic rings. The second-order valence-electron chi connectivity index (χ2n) is 3.80. The van der Waals surface area contributed by atoms with Crippen LogP contribution in [-0.4, -0.2) is 4.98 Å². The van der Waals surface area contributed by atoms with Crippen molar-refractivity contribution in [1.29, 1.82) is 0 Å². The van der Waals surface area contributed by atoms with E-state index in [0.29, 0.717) is 17.1 Å². The van der Waals surface area contributed by atoms with Crippen LogP contribution in [0.15, 0.2) is 30.5 Å². The zero-order valence-electron chi connectivity index (χ0n) is 9.58. The summed E-state index contributed by atoms with van der Waals surface area (Å²) in [4.78, 5) is 4.18. The zero-order valence-corrected chi connectivity index (χ0v) is 11.2. The fourth-order valence-electron chi connectivity index (χ4n) is 1.70. The molecule has 2 rings (SSSR count). The molecule has 0 bridgehead atoms. The molecule has 0 unspecified atom stereocenters. The minimum Gasteiger partial charge on any atom is -0.256 e. The SMILES string of the molecule is Cc1cc(CCl)cnc1-c1cc(F)cc(F)c1.Cl. The zero-order chi connectivity index (χ0) is 12.4. The molecule has 1 aromatic heterocycles. The average molecular weight is 290 g/mol. The van der Waals surface area contributed by atoms with E-state index in [0.717, 1.165) is 17.2 Å². The van der Waals surface area contributed by atoms with Gasteiger partial charge in [0, 0.05) is 23.7 Å². The lowest BCUT2D eigenvalue weighted by atomic mass is 10.1. The van der Waals surface area contributed by atoms with Gasteiger partial charge in [-0.2, -0.15) is 0 Å². The number of hydrogen-bond acceptors (Lipinski definition) is 1. The first kappa shape index (κ1) is 14.9. The van der Waals surface area contributed by atoms with Gasteiger partial charge in [-0.15, -0.1) is 24.0 Å². The number of halogens is 4. The van der Waals surface area contributed by atoms with Gasteiger partial charge >= 0.3 is 0 Å². The van der Waals surface area contributed by atoms with Crippen molar-refractivity contribution in [3.8, 4) is 11.3 Å². The summed E-state index contributed by atoms with van der Waals surface area (Å²) in [7, 11) is 0. The molecule has 1 aromatic carbocycles. The van der Waals surface area contributed by atoms with Crippen molar-refractivity contribution in [1.82, 2.24) is 4.98 Å². The number of rotatable bonds is 2. The normalized spacial score (nSPS) is 10.0. The highest BCUT2D eigenvalue weighted by atomic mass is 35.5. The summed E-state index contributed by atoms with van der Waals surface area (Å²) >= 11 is 5.69. The number of nitrogens with zero attached hydrogens (tertiary/aromatic N) is 1. The summed E-state index contributed by atoms with van der Waals surface area (Å²) < 4.78 is 26.2. The monoisotopic (exact) mass is 289 g/mol. The van der Waals surface area contributed by atoms with Crippen molar-refractivity contribution < 1.29 is 8.78 Å². The van der Waals surface area contributed by atoms with Gasteiger partial charge in [-0.25, -0.2) is 8.78 Å². The third-order valence-corrected chi connectivity index (χ3v) is 2.73. The Morgan fingerprint density at radius 2 is 1.72 bits per heavy atom. The van der Waals surface area contributed by atoms with Crippen LogP contribution in [0.2, 0.25) is 0 Å². The summed E-state index contributed by atoms with van der Waals surface area (Å²) in [5.74, 6) is -0.851. The molecular weight excluding hydrogens is 279 g/mol. The Morgan fingerprint density at radius 3 is 2.22 bits per heavy atom. The molecule has 1 heterocycles. The molecule has 0 N–H and O–H groups in total. The molecule has 0 amide bonds. The van der Waals surface area contributed by atoms with E-state index < -0.39 is 11.6 Å². The Bertz CT molecular complexity index is 538. The molecule has 0 aliphatic carbocycles. The molecule has 0 fully saturated rings. The molecule has 96 valence electrons. The third-order valence-electron chi connectivity index (χ3n) is 2.43. The van der Waals surface area contributed by atoms with E-state index >= 15 is 0 Å². The smallest absolute Gasteiger partial charge is 0.126 e.